The van der Waals surface area contributed by atoms with E-state index in [1.807, 2.05) is 0 Å². The summed E-state index contributed by atoms with van der Waals surface area (Å²) in [7, 11) is 0. The number of nitrogens with zero attached hydrogens (tertiary/aromatic N) is 1. The maximum Gasteiger partial charge on any atom is 0.239 e. The Morgan fingerprint density at radius 1 is 0.605 bits per heavy atom. The molecule has 1 heteroatoms. The number of rotatable bonds is 3. The molecule has 1 spiro atoms. The van der Waals surface area contributed by atoms with Crippen LogP contribution in [0.4, 0.5) is 0 Å². The fourth-order valence-corrected chi connectivity index (χ4v) is 7.13. The molecule has 38 heavy (non-hydrogen) atoms. The van der Waals surface area contributed by atoms with E-state index in [2.05, 4.69) is 122 Å². The van der Waals surface area contributed by atoms with Gasteiger partial charge < -0.3 is 4.85 Å². The van der Waals surface area contributed by atoms with Gasteiger partial charge in [-0.2, -0.15) is 0 Å². The fourth-order valence-electron chi connectivity index (χ4n) is 7.13. The molecule has 1 atom stereocenters. The minimum Gasteiger partial charge on any atom is -0.312 e. The van der Waals surface area contributed by atoms with E-state index in [0.29, 0.717) is 6.54 Å². The Hall–Kier alpha value is -4.41. The quantitative estimate of drug-likeness (QED) is 0.220. The van der Waals surface area contributed by atoms with Gasteiger partial charge in [0, 0.05) is 5.56 Å². The van der Waals surface area contributed by atoms with Gasteiger partial charge in [0.25, 0.3) is 0 Å². The first-order chi connectivity index (χ1) is 18.6. The van der Waals surface area contributed by atoms with Crippen LogP contribution >= 0.6 is 0 Å². The summed E-state index contributed by atoms with van der Waals surface area (Å²) in [5.74, 6) is 0. The molecule has 7 rings (SSSR count). The van der Waals surface area contributed by atoms with Crippen LogP contribution in [0, 0.1) is 20.4 Å². The highest BCUT2D eigenvalue weighted by molar-refractivity contribution is 5.88. The average molecular weight is 488 g/mol. The Balaban J connectivity index is 1.53. The summed E-state index contributed by atoms with van der Waals surface area (Å²) in [6.45, 7) is 12.3. The standard InChI is InChI=1S/C37H29N/c1-24-16-25(2)18-28(17-24)19-26-13-15-32-31-9-5-7-11-34(31)37(36(32)20-26)33-10-6-4-8-29(33)22-30-14-12-27(23-38-3)21-35(30)37/h4-18,20-21H,19,22-23H2,1-2H3. The smallest absolute Gasteiger partial charge is 0.239 e. The van der Waals surface area contributed by atoms with Crippen molar-refractivity contribution in [2.24, 2.45) is 0 Å². The molecule has 0 heterocycles. The van der Waals surface area contributed by atoms with E-state index in [1.54, 1.807) is 0 Å². The minimum atomic E-state index is -0.382. The second-order valence-electron chi connectivity index (χ2n) is 11.0. The zero-order valence-corrected chi connectivity index (χ0v) is 21.9. The summed E-state index contributed by atoms with van der Waals surface area (Å²) < 4.78 is 0. The third-order valence-electron chi connectivity index (χ3n) is 8.44. The lowest BCUT2D eigenvalue weighted by atomic mass is 9.61. The van der Waals surface area contributed by atoms with Crippen LogP contribution in [-0.4, -0.2) is 0 Å². The molecule has 1 nitrogen and oxygen atoms in total. The molecule has 0 fully saturated rings. The van der Waals surface area contributed by atoms with Crippen LogP contribution in [0.15, 0.2) is 103 Å². The molecule has 0 aromatic heterocycles. The Labute approximate surface area is 225 Å². The van der Waals surface area contributed by atoms with E-state index in [4.69, 9.17) is 6.57 Å². The predicted molar refractivity (Wildman–Crippen MR) is 156 cm³/mol. The molecular formula is C37H29N. The maximum atomic E-state index is 7.52. The SMILES string of the molecule is [C-]#[N+]Cc1ccc2c(c1)C1(c3ccccc3C2)c2ccccc2-c2ccc(Cc3cc(C)cc(C)c3)cc21. The minimum absolute atomic E-state index is 0.382. The lowest BCUT2D eigenvalue weighted by molar-refractivity contribution is 0.719. The molecule has 0 aliphatic heterocycles. The number of aryl methyl sites for hydroxylation is 2. The lowest BCUT2D eigenvalue weighted by Gasteiger charge is -2.40. The van der Waals surface area contributed by atoms with Crippen molar-refractivity contribution >= 4 is 0 Å². The summed E-state index contributed by atoms with van der Waals surface area (Å²) in [6, 6.07) is 38.7. The third kappa shape index (κ3) is 3.30. The van der Waals surface area contributed by atoms with Crippen molar-refractivity contribution in [1.82, 2.24) is 0 Å². The van der Waals surface area contributed by atoms with Crippen molar-refractivity contribution < 1.29 is 0 Å². The summed E-state index contributed by atoms with van der Waals surface area (Å²) in [5.41, 5.74) is 16.9. The second-order valence-corrected chi connectivity index (χ2v) is 11.0. The molecule has 0 bridgehead atoms. The zero-order valence-electron chi connectivity index (χ0n) is 21.9. The molecule has 0 N–H and O–H groups in total. The fraction of sp³-hybridized carbons (Fsp3) is 0.162. The highest BCUT2D eigenvalue weighted by Crippen LogP contribution is 2.59. The highest BCUT2D eigenvalue weighted by Gasteiger charge is 2.49. The van der Waals surface area contributed by atoms with Gasteiger partial charge in [0.2, 0.25) is 6.54 Å². The first-order valence-electron chi connectivity index (χ1n) is 13.4. The lowest BCUT2D eigenvalue weighted by Crippen LogP contribution is -2.34. The highest BCUT2D eigenvalue weighted by atomic mass is 14.6. The largest absolute Gasteiger partial charge is 0.312 e. The molecule has 2 aliphatic rings. The van der Waals surface area contributed by atoms with Gasteiger partial charge in [-0.3, -0.25) is 0 Å². The first-order valence-corrected chi connectivity index (χ1v) is 13.4. The molecule has 1 unspecified atom stereocenters. The van der Waals surface area contributed by atoms with Crippen LogP contribution in [0.3, 0.4) is 0 Å². The van der Waals surface area contributed by atoms with Crippen molar-refractivity contribution in [3.05, 3.63) is 176 Å². The van der Waals surface area contributed by atoms with Gasteiger partial charge in [0.15, 0.2) is 0 Å². The van der Waals surface area contributed by atoms with Crippen molar-refractivity contribution in [1.29, 1.82) is 0 Å². The summed E-state index contributed by atoms with van der Waals surface area (Å²) in [4.78, 5) is 3.73. The van der Waals surface area contributed by atoms with Crippen LogP contribution in [0.25, 0.3) is 16.0 Å². The Morgan fingerprint density at radius 3 is 2.08 bits per heavy atom. The molecule has 0 saturated heterocycles. The molecular weight excluding hydrogens is 458 g/mol. The topological polar surface area (TPSA) is 4.36 Å². The summed E-state index contributed by atoms with van der Waals surface area (Å²) in [5, 5.41) is 0. The van der Waals surface area contributed by atoms with Gasteiger partial charge in [-0.05, 0) is 88.4 Å². The molecule has 5 aromatic carbocycles. The van der Waals surface area contributed by atoms with Crippen molar-refractivity contribution in [3.63, 3.8) is 0 Å². The number of hydrogen-bond donors (Lipinski definition) is 0. The number of fused-ring (bicyclic) bond motifs is 9. The predicted octanol–water partition coefficient (Wildman–Crippen LogP) is 8.58. The van der Waals surface area contributed by atoms with Crippen LogP contribution in [-0.2, 0) is 24.8 Å². The van der Waals surface area contributed by atoms with Gasteiger partial charge >= 0.3 is 0 Å². The molecule has 5 aromatic rings. The molecule has 182 valence electrons. The second kappa shape index (κ2) is 8.57. The van der Waals surface area contributed by atoms with Gasteiger partial charge in [0.1, 0.15) is 0 Å². The van der Waals surface area contributed by atoms with Gasteiger partial charge in [-0.1, -0.05) is 108 Å². The van der Waals surface area contributed by atoms with E-state index < -0.39 is 0 Å². The first kappa shape index (κ1) is 22.8. The van der Waals surface area contributed by atoms with Gasteiger partial charge in [-0.25, -0.2) is 6.57 Å². The molecule has 0 saturated carbocycles. The molecule has 0 radical (unpaired) electrons. The van der Waals surface area contributed by atoms with Crippen molar-refractivity contribution in [2.45, 2.75) is 38.6 Å². The molecule has 2 aliphatic carbocycles. The van der Waals surface area contributed by atoms with E-state index >= 15 is 0 Å². The zero-order chi connectivity index (χ0) is 25.9. The Bertz CT molecular complexity index is 1760. The third-order valence-corrected chi connectivity index (χ3v) is 8.44. The number of benzene rings is 5. The number of hydrogen-bond acceptors (Lipinski definition) is 0. The van der Waals surface area contributed by atoms with Gasteiger partial charge in [0.05, 0.1) is 5.41 Å². The van der Waals surface area contributed by atoms with Crippen LogP contribution in [0.5, 0.6) is 0 Å². The van der Waals surface area contributed by atoms with E-state index in [-0.39, 0.29) is 5.41 Å². The van der Waals surface area contributed by atoms with E-state index in [9.17, 15) is 0 Å². The monoisotopic (exact) mass is 487 g/mol. The van der Waals surface area contributed by atoms with Crippen LogP contribution < -0.4 is 0 Å². The normalized spacial score (nSPS) is 16.3. The van der Waals surface area contributed by atoms with Gasteiger partial charge in [-0.15, -0.1) is 0 Å². The maximum absolute atomic E-state index is 7.52. The van der Waals surface area contributed by atoms with E-state index in [0.717, 1.165) is 18.4 Å². The Morgan fingerprint density at radius 2 is 1.26 bits per heavy atom. The summed E-state index contributed by atoms with van der Waals surface area (Å²) in [6.07, 6.45) is 1.83. The van der Waals surface area contributed by atoms with Crippen molar-refractivity contribution in [3.8, 4) is 11.1 Å². The van der Waals surface area contributed by atoms with Crippen LogP contribution in [0.1, 0.15) is 61.2 Å². The van der Waals surface area contributed by atoms with E-state index in [1.165, 1.54) is 66.8 Å². The Kier molecular flexibility index (Phi) is 5.14. The summed E-state index contributed by atoms with van der Waals surface area (Å²) >= 11 is 0. The molecule has 0 amide bonds. The average Bonchev–Trinajstić information content (AvgIpc) is 3.19. The van der Waals surface area contributed by atoms with Crippen molar-refractivity contribution in [2.75, 3.05) is 0 Å². The van der Waals surface area contributed by atoms with Crippen LogP contribution in [0.2, 0.25) is 0 Å².